The van der Waals surface area contributed by atoms with Crippen LogP contribution < -0.4 is 5.32 Å². The van der Waals surface area contributed by atoms with Crippen molar-refractivity contribution in [1.29, 1.82) is 0 Å². The minimum atomic E-state index is -1.04. The van der Waals surface area contributed by atoms with Crippen molar-refractivity contribution in [2.24, 2.45) is 0 Å². The molecule has 0 saturated heterocycles. The molecule has 1 aliphatic rings. The number of imidazole rings is 1. The number of amides is 2. The van der Waals surface area contributed by atoms with Gasteiger partial charge in [0.25, 0.3) is 0 Å². The number of rotatable bonds is 8. The second kappa shape index (κ2) is 11.6. The van der Waals surface area contributed by atoms with Gasteiger partial charge in [0, 0.05) is 31.3 Å². The lowest BCUT2D eigenvalue weighted by Crippen LogP contribution is -2.50. The molecule has 2 N–H and O–H groups in total. The second-order valence-electron chi connectivity index (χ2n) is 10.1. The zero-order chi connectivity index (χ0) is 28.2. The topological polar surface area (TPSA) is 105 Å². The molecular weight excluding hydrogens is 504 g/mol. The molecule has 2 amide bonds. The fraction of sp³-hybridized carbons (Fsp3) is 0.250. The Morgan fingerprint density at radius 1 is 1.00 bits per heavy atom. The third kappa shape index (κ3) is 5.52. The van der Waals surface area contributed by atoms with Crippen molar-refractivity contribution in [3.63, 3.8) is 0 Å². The highest BCUT2D eigenvalue weighted by Gasteiger charge is 2.40. The fourth-order valence-electron chi connectivity index (χ4n) is 5.45. The van der Waals surface area contributed by atoms with Crippen molar-refractivity contribution in [1.82, 2.24) is 14.5 Å². The number of carbonyl (C=O) groups excluding carboxylic acids is 2. The van der Waals surface area contributed by atoms with Crippen LogP contribution in [-0.4, -0.2) is 43.4 Å². The zero-order valence-corrected chi connectivity index (χ0v) is 22.6. The first-order valence-electron chi connectivity index (χ1n) is 13.4. The fourth-order valence-corrected chi connectivity index (χ4v) is 5.45. The summed E-state index contributed by atoms with van der Waals surface area (Å²) in [5.74, 6) is -2.04. The molecule has 1 aliphatic heterocycles. The van der Waals surface area contributed by atoms with Gasteiger partial charge in [-0.3, -0.25) is 9.59 Å². The van der Waals surface area contributed by atoms with Gasteiger partial charge in [-0.05, 0) is 34.7 Å². The molecule has 5 rings (SSSR count). The molecule has 0 aliphatic carbocycles. The van der Waals surface area contributed by atoms with Crippen LogP contribution in [0.15, 0.2) is 85.2 Å². The summed E-state index contributed by atoms with van der Waals surface area (Å²) >= 11 is 0. The van der Waals surface area contributed by atoms with Crippen molar-refractivity contribution >= 4 is 23.5 Å². The van der Waals surface area contributed by atoms with E-state index in [4.69, 9.17) is 0 Å². The quantitative estimate of drug-likeness (QED) is 0.342. The van der Waals surface area contributed by atoms with Gasteiger partial charge in [0.1, 0.15) is 6.04 Å². The Kier molecular flexibility index (Phi) is 7.77. The van der Waals surface area contributed by atoms with Gasteiger partial charge in [-0.1, -0.05) is 79.7 Å². The normalized spacial score (nSPS) is 14.6. The number of nitrogens with zero attached hydrogens (tertiary/aromatic N) is 3. The molecule has 0 fully saturated rings. The van der Waals surface area contributed by atoms with Crippen LogP contribution in [0.1, 0.15) is 53.4 Å². The van der Waals surface area contributed by atoms with Crippen LogP contribution in [-0.2, 0) is 40.3 Å². The van der Waals surface area contributed by atoms with Gasteiger partial charge in [-0.15, -0.1) is 0 Å². The average molecular weight is 537 g/mol. The number of hydrogen-bond acceptors (Lipinski definition) is 4. The number of aliphatic carboxylic acids is 1. The van der Waals surface area contributed by atoms with Crippen molar-refractivity contribution < 1.29 is 19.5 Å². The number of aryl methyl sites for hydroxylation is 1. The third-order valence-corrected chi connectivity index (χ3v) is 7.41. The largest absolute Gasteiger partial charge is 0.480 e. The molecule has 3 aromatic carbocycles. The molecular formula is C32H32N4O4. The van der Waals surface area contributed by atoms with E-state index in [1.54, 1.807) is 6.33 Å². The van der Waals surface area contributed by atoms with Crippen LogP contribution >= 0.6 is 0 Å². The zero-order valence-electron chi connectivity index (χ0n) is 22.6. The molecule has 2 heterocycles. The maximum Gasteiger partial charge on any atom is 0.326 e. The van der Waals surface area contributed by atoms with Crippen LogP contribution in [0, 0.1) is 0 Å². The van der Waals surface area contributed by atoms with Gasteiger partial charge in [0.15, 0.2) is 0 Å². The highest BCUT2D eigenvalue weighted by Crippen LogP contribution is 2.32. The van der Waals surface area contributed by atoms with Gasteiger partial charge in [-0.2, -0.15) is 0 Å². The third-order valence-electron chi connectivity index (χ3n) is 7.41. The lowest BCUT2D eigenvalue weighted by atomic mass is 9.88. The molecule has 1 aromatic heterocycles. The van der Waals surface area contributed by atoms with E-state index in [0.717, 1.165) is 40.1 Å². The van der Waals surface area contributed by atoms with Gasteiger partial charge in [-0.25, -0.2) is 9.78 Å². The monoisotopic (exact) mass is 536 g/mol. The summed E-state index contributed by atoms with van der Waals surface area (Å²) in [4.78, 5) is 44.2. The molecule has 8 heteroatoms. The number of fused-ring (bicyclic) bond motifs is 1. The lowest BCUT2D eigenvalue weighted by molar-refractivity contribution is -0.151. The van der Waals surface area contributed by atoms with E-state index in [1.807, 2.05) is 84.3 Å². The summed E-state index contributed by atoms with van der Waals surface area (Å²) in [5.41, 5.74) is 5.98. The van der Waals surface area contributed by atoms with E-state index >= 15 is 0 Å². The minimum absolute atomic E-state index is 0.119. The number of nitrogens with one attached hydrogen (secondary N) is 1. The lowest BCUT2D eigenvalue weighted by Gasteiger charge is -2.35. The van der Waals surface area contributed by atoms with Crippen molar-refractivity contribution in [2.75, 3.05) is 5.32 Å². The molecule has 40 heavy (non-hydrogen) atoms. The maximum atomic E-state index is 14.1. The van der Waals surface area contributed by atoms with E-state index in [1.165, 1.54) is 11.8 Å². The summed E-state index contributed by atoms with van der Waals surface area (Å²) < 4.78 is 1.96. The Morgan fingerprint density at radius 2 is 1.65 bits per heavy atom. The minimum Gasteiger partial charge on any atom is -0.480 e. The Hall–Kier alpha value is -4.72. The Balaban J connectivity index is 1.44. The van der Waals surface area contributed by atoms with Crippen molar-refractivity contribution in [3.8, 4) is 0 Å². The van der Waals surface area contributed by atoms with Crippen LogP contribution in [0.4, 0.5) is 5.69 Å². The highest BCUT2D eigenvalue weighted by atomic mass is 16.4. The van der Waals surface area contributed by atoms with Crippen molar-refractivity contribution in [2.45, 2.75) is 51.7 Å². The predicted octanol–water partition coefficient (Wildman–Crippen LogP) is 4.62. The molecule has 1 atom stereocenters. The van der Waals surface area contributed by atoms with Crippen LogP contribution in [0.3, 0.4) is 0 Å². The summed E-state index contributed by atoms with van der Waals surface area (Å²) in [6.07, 6.45) is 2.64. The smallest absolute Gasteiger partial charge is 0.326 e. The number of carboxylic acid groups (broad SMARTS) is 1. The van der Waals surface area contributed by atoms with Gasteiger partial charge < -0.3 is 19.9 Å². The molecule has 204 valence electrons. The van der Waals surface area contributed by atoms with Crippen LogP contribution in [0.2, 0.25) is 0 Å². The first-order valence-corrected chi connectivity index (χ1v) is 13.4. The molecule has 4 aromatic rings. The highest BCUT2D eigenvalue weighted by molar-refractivity contribution is 5.91. The van der Waals surface area contributed by atoms with E-state index < -0.39 is 17.9 Å². The maximum absolute atomic E-state index is 14.1. The molecule has 0 radical (unpaired) electrons. The molecule has 0 spiro atoms. The summed E-state index contributed by atoms with van der Waals surface area (Å²) in [6, 6.07) is 23.8. The van der Waals surface area contributed by atoms with Crippen LogP contribution in [0.5, 0.6) is 0 Å². The number of anilines is 1. The number of carboxylic acids is 1. The number of hydrogen-bond donors (Lipinski definition) is 2. The Morgan fingerprint density at radius 3 is 2.23 bits per heavy atom. The standard InChI is InChI=1S/C32H32N4O4/c1-3-23-16-22(14-15-26(23)34-21(2)37)18-35-20-33-27-19-36(29(32(39)40)17-28(27)35)31(38)30(24-10-6-4-7-11-24)25-12-8-5-9-13-25/h4-16,20,29-30H,3,17-19H2,1-2H3,(H,34,37)(H,39,40)/t29-/m0/s1. The number of benzene rings is 3. The SMILES string of the molecule is CCc1cc(Cn2cnc3c2C[C@@H](C(=O)O)N(C(=O)C(c2ccccc2)c2ccccc2)C3)ccc1NC(C)=O. The summed E-state index contributed by atoms with van der Waals surface area (Å²) in [6.45, 7) is 4.15. The predicted molar refractivity (Wildman–Crippen MR) is 152 cm³/mol. The van der Waals surface area contributed by atoms with Gasteiger partial charge >= 0.3 is 5.97 Å². The van der Waals surface area contributed by atoms with Crippen LogP contribution in [0.25, 0.3) is 0 Å². The molecule has 8 nitrogen and oxygen atoms in total. The van der Waals surface area contributed by atoms with Crippen molar-refractivity contribution in [3.05, 3.63) is 119 Å². The first-order chi connectivity index (χ1) is 19.4. The average Bonchev–Trinajstić information content (AvgIpc) is 3.35. The Labute approximate surface area is 233 Å². The molecule has 0 unspecified atom stereocenters. The van der Waals surface area contributed by atoms with E-state index in [0.29, 0.717) is 12.2 Å². The second-order valence-corrected chi connectivity index (χ2v) is 10.1. The van der Waals surface area contributed by atoms with Gasteiger partial charge in [0.2, 0.25) is 11.8 Å². The van der Waals surface area contributed by atoms with Gasteiger partial charge in [0.05, 0.1) is 24.5 Å². The van der Waals surface area contributed by atoms with E-state index in [-0.39, 0.29) is 24.8 Å². The summed E-state index contributed by atoms with van der Waals surface area (Å²) in [7, 11) is 0. The summed E-state index contributed by atoms with van der Waals surface area (Å²) in [5, 5.41) is 13.1. The number of carbonyl (C=O) groups is 3. The molecule has 0 saturated carbocycles. The molecule has 0 bridgehead atoms. The number of aromatic nitrogens is 2. The Bertz CT molecular complexity index is 1490. The van der Waals surface area contributed by atoms with E-state index in [9.17, 15) is 19.5 Å². The first kappa shape index (κ1) is 26.9. The van der Waals surface area contributed by atoms with E-state index in [2.05, 4.69) is 16.4 Å².